The van der Waals surface area contributed by atoms with E-state index >= 15 is 0 Å². The molecule has 0 amide bonds. The molecule has 0 saturated carbocycles. The normalized spacial score (nSPS) is 22.9. The fourth-order valence-corrected chi connectivity index (χ4v) is 2.28. The van der Waals surface area contributed by atoms with Gasteiger partial charge >= 0.3 is 0 Å². The summed E-state index contributed by atoms with van der Waals surface area (Å²) in [7, 11) is 0. The van der Waals surface area contributed by atoms with Gasteiger partial charge in [-0.15, -0.1) is 0 Å². The Hall–Kier alpha value is -0.370. The number of Topliss-reactive ketones (excluding diaryl/α,β-unsaturated/α-hetero) is 1. The summed E-state index contributed by atoms with van der Waals surface area (Å²) in [5.74, 6) is 0.985. The van der Waals surface area contributed by atoms with E-state index in [1.165, 1.54) is 19.3 Å². The quantitative estimate of drug-likeness (QED) is 0.647. The number of hydrogen-bond acceptors (Lipinski definition) is 2. The molecule has 2 atom stereocenters. The van der Waals surface area contributed by atoms with E-state index in [4.69, 9.17) is 4.74 Å². The van der Waals surface area contributed by atoms with Gasteiger partial charge in [0.05, 0.1) is 6.10 Å². The van der Waals surface area contributed by atoms with Gasteiger partial charge < -0.3 is 4.74 Å². The van der Waals surface area contributed by atoms with Crippen molar-refractivity contribution in [3.63, 3.8) is 0 Å². The standard InChI is InChI=1S/C13H24O2/c1-3-5-11(2)10-12(14)7-8-13-6-4-9-15-13/h11,13H,3-10H2,1-2H3. The second kappa shape index (κ2) is 7.00. The molecule has 0 aromatic rings. The van der Waals surface area contributed by atoms with Crippen molar-refractivity contribution in [2.75, 3.05) is 6.61 Å². The lowest BCUT2D eigenvalue weighted by Gasteiger charge is -2.11. The van der Waals surface area contributed by atoms with Crippen LogP contribution < -0.4 is 0 Å². The number of ether oxygens (including phenoxy) is 1. The van der Waals surface area contributed by atoms with E-state index in [2.05, 4.69) is 13.8 Å². The van der Waals surface area contributed by atoms with Crippen molar-refractivity contribution in [2.45, 2.75) is 64.9 Å². The highest BCUT2D eigenvalue weighted by molar-refractivity contribution is 5.78. The third-order valence-electron chi connectivity index (χ3n) is 3.13. The number of rotatable bonds is 7. The maximum absolute atomic E-state index is 11.6. The predicted octanol–water partition coefficient (Wildman–Crippen LogP) is 3.34. The molecule has 0 aliphatic carbocycles. The minimum atomic E-state index is 0.371. The summed E-state index contributed by atoms with van der Waals surface area (Å²) < 4.78 is 5.50. The predicted molar refractivity (Wildman–Crippen MR) is 61.9 cm³/mol. The zero-order chi connectivity index (χ0) is 11.1. The largest absolute Gasteiger partial charge is 0.378 e. The summed E-state index contributed by atoms with van der Waals surface area (Å²) in [6.45, 7) is 5.24. The van der Waals surface area contributed by atoms with Gasteiger partial charge in [-0.25, -0.2) is 0 Å². The average molecular weight is 212 g/mol. The fourth-order valence-electron chi connectivity index (χ4n) is 2.28. The highest BCUT2D eigenvalue weighted by Crippen LogP contribution is 2.18. The van der Waals surface area contributed by atoms with Crippen LogP contribution in [0.25, 0.3) is 0 Å². The summed E-state index contributed by atoms with van der Waals surface area (Å²) in [4.78, 5) is 11.6. The van der Waals surface area contributed by atoms with Gasteiger partial charge in [-0.2, -0.15) is 0 Å². The van der Waals surface area contributed by atoms with Crippen LogP contribution in [0.15, 0.2) is 0 Å². The molecule has 2 unspecified atom stereocenters. The highest BCUT2D eigenvalue weighted by atomic mass is 16.5. The summed E-state index contributed by atoms with van der Waals surface area (Å²) in [6.07, 6.45) is 7.47. The topological polar surface area (TPSA) is 26.3 Å². The molecule has 0 aromatic carbocycles. The minimum absolute atomic E-state index is 0.371. The summed E-state index contributed by atoms with van der Waals surface area (Å²) in [5, 5.41) is 0. The second-order valence-corrected chi connectivity index (χ2v) is 4.81. The Morgan fingerprint density at radius 2 is 2.33 bits per heavy atom. The van der Waals surface area contributed by atoms with Crippen LogP contribution in [0.5, 0.6) is 0 Å². The SMILES string of the molecule is CCCC(C)CC(=O)CCC1CCCO1. The molecule has 0 radical (unpaired) electrons. The zero-order valence-electron chi connectivity index (χ0n) is 10.1. The lowest BCUT2D eigenvalue weighted by Crippen LogP contribution is -2.11. The first-order valence-electron chi connectivity index (χ1n) is 6.35. The first-order chi connectivity index (χ1) is 7.22. The Morgan fingerprint density at radius 1 is 1.53 bits per heavy atom. The van der Waals surface area contributed by atoms with Crippen molar-refractivity contribution in [1.29, 1.82) is 0 Å². The van der Waals surface area contributed by atoms with Crippen LogP contribution in [-0.2, 0) is 9.53 Å². The molecule has 15 heavy (non-hydrogen) atoms. The Kier molecular flexibility index (Phi) is 5.92. The van der Waals surface area contributed by atoms with E-state index in [1.807, 2.05) is 0 Å². The molecule has 88 valence electrons. The lowest BCUT2D eigenvalue weighted by molar-refractivity contribution is -0.120. The molecule has 0 N–H and O–H groups in total. The third kappa shape index (κ3) is 5.31. The molecule has 2 heteroatoms. The molecule has 1 heterocycles. The maximum atomic E-state index is 11.6. The summed E-state index contributed by atoms with van der Waals surface area (Å²) >= 11 is 0. The van der Waals surface area contributed by atoms with Crippen LogP contribution in [-0.4, -0.2) is 18.5 Å². The fraction of sp³-hybridized carbons (Fsp3) is 0.923. The molecular weight excluding hydrogens is 188 g/mol. The van der Waals surface area contributed by atoms with Crippen LogP contribution >= 0.6 is 0 Å². The Labute approximate surface area is 93.4 Å². The van der Waals surface area contributed by atoms with E-state index in [0.29, 0.717) is 17.8 Å². The Bertz CT molecular complexity index is 183. The van der Waals surface area contributed by atoms with Gasteiger partial charge in [0.2, 0.25) is 0 Å². The van der Waals surface area contributed by atoms with Gasteiger partial charge in [-0.05, 0) is 25.2 Å². The van der Waals surface area contributed by atoms with E-state index < -0.39 is 0 Å². The first kappa shape index (κ1) is 12.7. The van der Waals surface area contributed by atoms with Crippen LogP contribution in [0.3, 0.4) is 0 Å². The molecule has 1 saturated heterocycles. The van der Waals surface area contributed by atoms with Crippen molar-refractivity contribution < 1.29 is 9.53 Å². The van der Waals surface area contributed by atoms with Gasteiger partial charge in [-0.1, -0.05) is 26.7 Å². The third-order valence-corrected chi connectivity index (χ3v) is 3.13. The average Bonchev–Trinajstić information content (AvgIpc) is 2.67. The van der Waals surface area contributed by atoms with Crippen LogP contribution in [0.1, 0.15) is 58.8 Å². The van der Waals surface area contributed by atoms with Crippen molar-refractivity contribution in [1.82, 2.24) is 0 Å². The monoisotopic (exact) mass is 212 g/mol. The molecule has 1 rings (SSSR count). The van der Waals surface area contributed by atoms with Crippen LogP contribution in [0.4, 0.5) is 0 Å². The number of hydrogen-bond donors (Lipinski definition) is 0. The van der Waals surface area contributed by atoms with Gasteiger partial charge in [0.25, 0.3) is 0 Å². The summed E-state index contributed by atoms with van der Waals surface area (Å²) in [5.41, 5.74) is 0. The summed E-state index contributed by atoms with van der Waals surface area (Å²) in [6, 6.07) is 0. The van der Waals surface area contributed by atoms with Gasteiger partial charge in [0, 0.05) is 19.4 Å². The highest BCUT2D eigenvalue weighted by Gasteiger charge is 2.17. The van der Waals surface area contributed by atoms with E-state index in [0.717, 1.165) is 32.3 Å². The van der Waals surface area contributed by atoms with Crippen LogP contribution in [0.2, 0.25) is 0 Å². The van der Waals surface area contributed by atoms with E-state index in [-0.39, 0.29) is 0 Å². The van der Waals surface area contributed by atoms with Crippen LogP contribution in [0, 0.1) is 5.92 Å². The van der Waals surface area contributed by atoms with Gasteiger partial charge in [0.1, 0.15) is 5.78 Å². The molecule has 0 bridgehead atoms. The number of carbonyl (C=O) groups excluding carboxylic acids is 1. The molecule has 1 aliphatic rings. The number of ketones is 1. The maximum Gasteiger partial charge on any atom is 0.133 e. The van der Waals surface area contributed by atoms with E-state index in [9.17, 15) is 4.79 Å². The van der Waals surface area contributed by atoms with Crippen molar-refractivity contribution in [3.8, 4) is 0 Å². The molecule has 0 aromatic heterocycles. The lowest BCUT2D eigenvalue weighted by atomic mass is 9.96. The molecular formula is C13H24O2. The minimum Gasteiger partial charge on any atom is -0.378 e. The van der Waals surface area contributed by atoms with Gasteiger partial charge in [-0.3, -0.25) is 4.79 Å². The molecule has 1 fully saturated rings. The van der Waals surface area contributed by atoms with Crippen molar-refractivity contribution in [3.05, 3.63) is 0 Å². The molecule has 2 nitrogen and oxygen atoms in total. The Morgan fingerprint density at radius 3 is 2.93 bits per heavy atom. The number of carbonyl (C=O) groups is 1. The molecule has 1 aliphatic heterocycles. The first-order valence-corrected chi connectivity index (χ1v) is 6.35. The van der Waals surface area contributed by atoms with Crippen molar-refractivity contribution in [2.24, 2.45) is 5.92 Å². The van der Waals surface area contributed by atoms with Gasteiger partial charge in [0.15, 0.2) is 0 Å². The zero-order valence-corrected chi connectivity index (χ0v) is 10.1. The second-order valence-electron chi connectivity index (χ2n) is 4.81. The smallest absolute Gasteiger partial charge is 0.133 e. The molecule has 0 spiro atoms. The Balaban J connectivity index is 2.07. The van der Waals surface area contributed by atoms with Crippen molar-refractivity contribution >= 4 is 5.78 Å². The van der Waals surface area contributed by atoms with E-state index in [1.54, 1.807) is 0 Å².